The molecule has 1 aromatic heterocycles. The van der Waals surface area contributed by atoms with Crippen LogP contribution in [0.15, 0.2) is 89.1 Å². The molecular formula is C25H18F2N4OS. The first kappa shape index (κ1) is 21.0. The molecule has 3 aromatic carbocycles. The molecule has 1 aliphatic heterocycles. The van der Waals surface area contributed by atoms with E-state index in [4.69, 9.17) is 16.7 Å². The van der Waals surface area contributed by atoms with E-state index < -0.39 is 0 Å². The molecule has 1 N–H and O–H groups in total. The molecule has 4 aromatic rings. The van der Waals surface area contributed by atoms with Crippen molar-refractivity contribution in [2.24, 2.45) is 0 Å². The predicted molar refractivity (Wildman–Crippen MR) is 126 cm³/mol. The Hall–Kier alpha value is -3.91. The largest absolute Gasteiger partial charge is 0.351 e. The highest BCUT2D eigenvalue weighted by molar-refractivity contribution is 7.80. The molecule has 5 rings (SSSR count). The van der Waals surface area contributed by atoms with Gasteiger partial charge in [0.1, 0.15) is 11.6 Å². The molecule has 5 nitrogen and oxygen atoms in total. The van der Waals surface area contributed by atoms with Gasteiger partial charge in [-0.3, -0.25) is 4.90 Å². The first-order valence-electron chi connectivity index (χ1n) is 10.2. The summed E-state index contributed by atoms with van der Waals surface area (Å²) < 4.78 is 32.9. The zero-order valence-electron chi connectivity index (χ0n) is 17.5. The number of nitrogens with one attached hydrogen (secondary N) is 1. The van der Waals surface area contributed by atoms with Crippen molar-refractivity contribution < 1.29 is 13.3 Å². The van der Waals surface area contributed by atoms with Crippen LogP contribution in [0.1, 0.15) is 24.4 Å². The minimum Gasteiger partial charge on any atom is -0.351 e. The van der Waals surface area contributed by atoms with E-state index in [-0.39, 0.29) is 29.4 Å². The highest BCUT2D eigenvalue weighted by atomic mass is 32.1. The van der Waals surface area contributed by atoms with Gasteiger partial charge in [-0.05, 0) is 61.1 Å². The third kappa shape index (κ3) is 4.01. The van der Waals surface area contributed by atoms with Crippen molar-refractivity contribution in [3.8, 4) is 11.4 Å². The van der Waals surface area contributed by atoms with Crippen molar-refractivity contribution in [2.75, 3.05) is 4.90 Å². The van der Waals surface area contributed by atoms with Gasteiger partial charge in [-0.1, -0.05) is 47.6 Å². The number of allylic oxidation sites excluding steroid dienone is 1. The first-order chi connectivity index (χ1) is 16.0. The van der Waals surface area contributed by atoms with Crippen molar-refractivity contribution in [1.29, 1.82) is 0 Å². The fraction of sp³-hybridized carbons (Fsp3) is 0.0800. The van der Waals surface area contributed by atoms with Gasteiger partial charge in [0.05, 0.1) is 11.6 Å². The molecule has 0 saturated heterocycles. The third-order valence-corrected chi connectivity index (χ3v) is 5.74. The van der Waals surface area contributed by atoms with Crippen molar-refractivity contribution >= 4 is 28.6 Å². The molecule has 1 aliphatic rings. The fourth-order valence-electron chi connectivity index (χ4n) is 3.89. The van der Waals surface area contributed by atoms with E-state index in [2.05, 4.69) is 15.5 Å². The van der Waals surface area contributed by atoms with E-state index in [9.17, 15) is 8.78 Å². The maximum Gasteiger partial charge on any atom is 0.258 e. The Morgan fingerprint density at radius 3 is 2.42 bits per heavy atom. The Morgan fingerprint density at radius 2 is 1.70 bits per heavy atom. The van der Waals surface area contributed by atoms with E-state index in [1.165, 1.54) is 24.3 Å². The van der Waals surface area contributed by atoms with Gasteiger partial charge in [0.15, 0.2) is 5.11 Å². The molecule has 0 saturated carbocycles. The van der Waals surface area contributed by atoms with Crippen molar-refractivity contribution in [1.82, 2.24) is 15.5 Å². The summed E-state index contributed by atoms with van der Waals surface area (Å²) in [5, 5.41) is 7.89. The predicted octanol–water partition coefficient (Wildman–Crippen LogP) is 5.88. The molecule has 1 atom stereocenters. The monoisotopic (exact) mass is 460 g/mol. The second-order valence-electron chi connectivity index (χ2n) is 7.54. The number of rotatable bonds is 4. The van der Waals surface area contributed by atoms with Crippen LogP contribution in [0.25, 0.3) is 17.0 Å². The van der Waals surface area contributed by atoms with Crippen molar-refractivity contribution in [2.45, 2.75) is 13.0 Å². The van der Waals surface area contributed by atoms with E-state index >= 15 is 0 Å². The molecular weight excluding hydrogens is 442 g/mol. The van der Waals surface area contributed by atoms with Crippen LogP contribution < -0.4 is 10.2 Å². The van der Waals surface area contributed by atoms with Crippen LogP contribution in [0.4, 0.5) is 14.5 Å². The summed E-state index contributed by atoms with van der Waals surface area (Å²) in [6, 6.07) is 21.5. The zero-order valence-corrected chi connectivity index (χ0v) is 18.3. The van der Waals surface area contributed by atoms with E-state index in [0.717, 1.165) is 11.3 Å². The van der Waals surface area contributed by atoms with Gasteiger partial charge in [0.25, 0.3) is 5.89 Å². The van der Waals surface area contributed by atoms with Crippen LogP contribution in [-0.2, 0) is 0 Å². The van der Waals surface area contributed by atoms with Crippen LogP contribution in [0, 0.1) is 11.6 Å². The summed E-state index contributed by atoms with van der Waals surface area (Å²) in [6.07, 6.45) is 0. The highest BCUT2D eigenvalue weighted by Crippen LogP contribution is 2.39. The normalized spacial score (nSPS) is 16.2. The number of thiocarbonyl (C=S) groups is 1. The second kappa shape index (κ2) is 8.55. The summed E-state index contributed by atoms with van der Waals surface area (Å²) in [6.45, 7) is 1.90. The van der Waals surface area contributed by atoms with Gasteiger partial charge in [-0.25, -0.2) is 8.78 Å². The van der Waals surface area contributed by atoms with Crippen molar-refractivity contribution in [3.05, 3.63) is 108 Å². The third-order valence-electron chi connectivity index (χ3n) is 5.44. The average Bonchev–Trinajstić information content (AvgIpc) is 3.30. The van der Waals surface area contributed by atoms with Crippen LogP contribution >= 0.6 is 12.2 Å². The fourth-order valence-corrected chi connectivity index (χ4v) is 4.25. The zero-order chi connectivity index (χ0) is 22.9. The number of hydrogen-bond donors (Lipinski definition) is 1. The molecule has 0 bridgehead atoms. The first-order valence-corrected chi connectivity index (χ1v) is 10.6. The lowest BCUT2D eigenvalue weighted by Gasteiger charge is -2.37. The molecule has 33 heavy (non-hydrogen) atoms. The van der Waals surface area contributed by atoms with Gasteiger partial charge in [-0.15, -0.1) is 0 Å². The van der Waals surface area contributed by atoms with Gasteiger partial charge >= 0.3 is 0 Å². The molecule has 8 heteroatoms. The summed E-state index contributed by atoms with van der Waals surface area (Å²) in [4.78, 5) is 6.37. The Labute approximate surface area is 194 Å². The molecule has 164 valence electrons. The van der Waals surface area contributed by atoms with Crippen LogP contribution in [-0.4, -0.2) is 15.3 Å². The Balaban J connectivity index is 1.65. The van der Waals surface area contributed by atoms with Crippen LogP contribution in [0.5, 0.6) is 0 Å². The lowest BCUT2D eigenvalue weighted by Crippen LogP contribution is -2.46. The number of hydrogen-bond acceptors (Lipinski definition) is 4. The van der Waals surface area contributed by atoms with E-state index in [1.54, 1.807) is 29.2 Å². The summed E-state index contributed by atoms with van der Waals surface area (Å²) in [5.74, 6) is -0.167. The number of aromatic nitrogens is 2. The SMILES string of the molecule is CC1=C(c2nc(-c3cccc(F)c3)no2)C(c2ccccc2)NC(=S)N1c1ccc(F)cc1. The maximum absolute atomic E-state index is 13.7. The Kier molecular flexibility index (Phi) is 5.43. The van der Waals surface area contributed by atoms with Crippen LogP contribution in [0.2, 0.25) is 0 Å². The van der Waals surface area contributed by atoms with Gasteiger partial charge < -0.3 is 9.84 Å². The summed E-state index contributed by atoms with van der Waals surface area (Å²) in [7, 11) is 0. The second-order valence-corrected chi connectivity index (χ2v) is 7.92. The summed E-state index contributed by atoms with van der Waals surface area (Å²) in [5.41, 5.74) is 3.64. The number of anilines is 1. The lowest BCUT2D eigenvalue weighted by atomic mass is 9.94. The lowest BCUT2D eigenvalue weighted by molar-refractivity contribution is 0.404. The van der Waals surface area contributed by atoms with E-state index in [0.29, 0.717) is 21.9 Å². The number of benzene rings is 3. The highest BCUT2D eigenvalue weighted by Gasteiger charge is 2.34. The van der Waals surface area contributed by atoms with Crippen molar-refractivity contribution in [3.63, 3.8) is 0 Å². The molecule has 1 unspecified atom stereocenters. The Morgan fingerprint density at radius 1 is 0.939 bits per heavy atom. The minimum absolute atomic E-state index is 0.276. The topological polar surface area (TPSA) is 54.2 Å². The quantitative estimate of drug-likeness (QED) is 0.384. The van der Waals surface area contributed by atoms with E-state index in [1.807, 2.05) is 37.3 Å². The molecule has 0 spiro atoms. The van der Waals surface area contributed by atoms with Gasteiger partial charge in [-0.2, -0.15) is 4.98 Å². The standard InChI is InChI=1S/C25H18F2N4OS/c1-15-21(24-29-23(30-32-24)17-8-5-9-19(27)14-17)22(16-6-3-2-4-7-16)28-25(33)31(15)20-12-10-18(26)11-13-20/h2-14,22H,1H3,(H,28,33). The molecule has 0 aliphatic carbocycles. The number of nitrogens with zero attached hydrogens (tertiary/aromatic N) is 3. The Bertz CT molecular complexity index is 1350. The molecule has 0 amide bonds. The molecule has 2 heterocycles. The molecule has 0 radical (unpaired) electrons. The minimum atomic E-state index is -0.386. The summed E-state index contributed by atoms with van der Waals surface area (Å²) >= 11 is 5.67. The average molecular weight is 461 g/mol. The van der Waals surface area contributed by atoms with Gasteiger partial charge in [0.2, 0.25) is 5.82 Å². The smallest absolute Gasteiger partial charge is 0.258 e. The maximum atomic E-state index is 13.7. The molecule has 0 fully saturated rings. The van der Waals surface area contributed by atoms with Crippen LogP contribution in [0.3, 0.4) is 0 Å². The number of halogens is 2. The van der Waals surface area contributed by atoms with Gasteiger partial charge in [0, 0.05) is 16.9 Å².